The molecule has 18 heavy (non-hydrogen) atoms. The van der Waals surface area contributed by atoms with Gasteiger partial charge in [-0.1, -0.05) is 11.2 Å². The average Bonchev–Trinajstić information content (AvgIpc) is 2.75. The summed E-state index contributed by atoms with van der Waals surface area (Å²) < 4.78 is 16.3. The lowest BCUT2D eigenvalue weighted by Crippen LogP contribution is -1.98. The van der Waals surface area contributed by atoms with E-state index in [4.69, 9.17) is 19.7 Å². The van der Waals surface area contributed by atoms with Crippen LogP contribution in [0.5, 0.6) is 11.5 Å². The molecule has 1 aromatic carbocycles. The van der Waals surface area contributed by atoms with Crippen molar-refractivity contribution in [3.63, 3.8) is 0 Å². The summed E-state index contributed by atoms with van der Waals surface area (Å²) in [5.74, 6) is 2.25. The van der Waals surface area contributed by atoms with Crippen molar-refractivity contribution in [3.05, 3.63) is 24.1 Å². The van der Waals surface area contributed by atoms with E-state index in [1.165, 1.54) is 0 Å². The van der Waals surface area contributed by atoms with Crippen LogP contribution in [0.4, 0.5) is 0 Å². The standard InChI is InChI=1S/C12H13N3O3/c13-7-10-14-12(15-18-10)8-3-1-4-9-11(8)17-6-2-5-16-9/h1,3-4H,2,5-7,13H2. The quantitative estimate of drug-likeness (QED) is 0.862. The van der Waals surface area contributed by atoms with Crippen LogP contribution in [0.25, 0.3) is 11.4 Å². The molecule has 0 saturated carbocycles. The van der Waals surface area contributed by atoms with Gasteiger partial charge in [0.05, 0.1) is 25.3 Å². The number of hydrogen-bond donors (Lipinski definition) is 1. The Morgan fingerprint density at radius 3 is 2.94 bits per heavy atom. The van der Waals surface area contributed by atoms with Crippen molar-refractivity contribution in [1.29, 1.82) is 0 Å². The third-order valence-corrected chi connectivity index (χ3v) is 2.66. The maximum absolute atomic E-state index is 5.70. The largest absolute Gasteiger partial charge is 0.490 e. The van der Waals surface area contributed by atoms with E-state index in [1.807, 2.05) is 18.2 Å². The minimum Gasteiger partial charge on any atom is -0.490 e. The molecule has 0 unspecified atom stereocenters. The smallest absolute Gasteiger partial charge is 0.240 e. The first-order chi connectivity index (χ1) is 8.88. The lowest BCUT2D eigenvalue weighted by Gasteiger charge is -2.09. The molecule has 0 amide bonds. The summed E-state index contributed by atoms with van der Waals surface area (Å²) >= 11 is 0. The SMILES string of the molecule is NCc1nc(-c2cccc3c2OCCCO3)no1. The third-order valence-electron chi connectivity index (χ3n) is 2.66. The Kier molecular flexibility index (Phi) is 2.85. The van der Waals surface area contributed by atoms with E-state index in [0.717, 1.165) is 12.0 Å². The Bertz CT molecular complexity index is 553. The van der Waals surface area contributed by atoms with Gasteiger partial charge < -0.3 is 19.7 Å². The van der Waals surface area contributed by atoms with Crippen LogP contribution in [0, 0.1) is 0 Å². The predicted molar refractivity (Wildman–Crippen MR) is 63.2 cm³/mol. The van der Waals surface area contributed by atoms with E-state index < -0.39 is 0 Å². The molecule has 0 radical (unpaired) electrons. The molecule has 0 atom stereocenters. The molecule has 0 fully saturated rings. The lowest BCUT2D eigenvalue weighted by atomic mass is 10.1. The van der Waals surface area contributed by atoms with Crippen LogP contribution < -0.4 is 15.2 Å². The van der Waals surface area contributed by atoms with Gasteiger partial charge in [0.1, 0.15) is 0 Å². The summed E-state index contributed by atoms with van der Waals surface area (Å²) in [5.41, 5.74) is 6.21. The highest BCUT2D eigenvalue weighted by molar-refractivity contribution is 5.68. The van der Waals surface area contributed by atoms with Gasteiger partial charge in [-0.15, -0.1) is 0 Å². The van der Waals surface area contributed by atoms with Gasteiger partial charge in [-0.05, 0) is 12.1 Å². The van der Waals surface area contributed by atoms with Gasteiger partial charge in [0.2, 0.25) is 11.7 Å². The van der Waals surface area contributed by atoms with E-state index in [1.54, 1.807) is 0 Å². The van der Waals surface area contributed by atoms with Crippen molar-refractivity contribution in [2.24, 2.45) is 5.73 Å². The zero-order valence-electron chi connectivity index (χ0n) is 9.76. The number of nitrogens with zero attached hydrogens (tertiary/aromatic N) is 2. The van der Waals surface area contributed by atoms with Crippen molar-refractivity contribution in [2.45, 2.75) is 13.0 Å². The van der Waals surface area contributed by atoms with Crippen molar-refractivity contribution >= 4 is 0 Å². The normalized spacial score (nSPS) is 14.3. The van der Waals surface area contributed by atoms with Crippen LogP contribution >= 0.6 is 0 Å². The number of ether oxygens (including phenoxy) is 2. The molecule has 1 aliphatic rings. The van der Waals surface area contributed by atoms with Crippen LogP contribution in [0.3, 0.4) is 0 Å². The molecule has 94 valence electrons. The molecule has 0 bridgehead atoms. The summed E-state index contributed by atoms with van der Waals surface area (Å²) in [6, 6.07) is 5.62. The molecule has 2 aromatic rings. The summed E-state index contributed by atoms with van der Waals surface area (Å²) in [6.07, 6.45) is 0.856. The zero-order valence-corrected chi connectivity index (χ0v) is 9.76. The second-order valence-corrected chi connectivity index (χ2v) is 3.90. The van der Waals surface area contributed by atoms with Gasteiger partial charge in [-0.3, -0.25) is 0 Å². The highest BCUT2D eigenvalue weighted by Crippen LogP contribution is 2.38. The topological polar surface area (TPSA) is 83.4 Å². The first kappa shape index (κ1) is 11.0. The Balaban J connectivity index is 2.06. The molecule has 1 aromatic heterocycles. The van der Waals surface area contributed by atoms with Gasteiger partial charge in [0.15, 0.2) is 11.5 Å². The van der Waals surface area contributed by atoms with Gasteiger partial charge >= 0.3 is 0 Å². The number of para-hydroxylation sites is 1. The number of benzene rings is 1. The number of fused-ring (bicyclic) bond motifs is 1. The van der Waals surface area contributed by atoms with E-state index in [9.17, 15) is 0 Å². The van der Waals surface area contributed by atoms with Crippen LogP contribution in [-0.4, -0.2) is 23.4 Å². The maximum Gasteiger partial charge on any atom is 0.240 e. The van der Waals surface area contributed by atoms with Crippen LogP contribution in [-0.2, 0) is 6.54 Å². The number of aromatic nitrogens is 2. The fraction of sp³-hybridized carbons (Fsp3) is 0.333. The Labute approximate surface area is 104 Å². The molecular weight excluding hydrogens is 234 g/mol. The summed E-state index contributed by atoms with van der Waals surface area (Å²) in [7, 11) is 0. The minimum atomic E-state index is 0.222. The van der Waals surface area contributed by atoms with Crippen molar-refractivity contribution in [3.8, 4) is 22.9 Å². The molecule has 0 spiro atoms. The van der Waals surface area contributed by atoms with E-state index in [0.29, 0.717) is 36.4 Å². The fourth-order valence-electron chi connectivity index (χ4n) is 1.82. The van der Waals surface area contributed by atoms with Crippen molar-refractivity contribution < 1.29 is 14.0 Å². The van der Waals surface area contributed by atoms with Crippen molar-refractivity contribution in [1.82, 2.24) is 10.1 Å². The molecule has 2 heterocycles. The lowest BCUT2D eigenvalue weighted by molar-refractivity contribution is 0.297. The van der Waals surface area contributed by atoms with Crippen LogP contribution in [0.1, 0.15) is 12.3 Å². The Morgan fingerprint density at radius 2 is 2.11 bits per heavy atom. The molecule has 6 nitrogen and oxygen atoms in total. The summed E-state index contributed by atoms with van der Waals surface area (Å²) in [4.78, 5) is 4.20. The maximum atomic E-state index is 5.70. The Morgan fingerprint density at radius 1 is 1.22 bits per heavy atom. The molecule has 0 saturated heterocycles. The van der Waals surface area contributed by atoms with E-state index in [-0.39, 0.29) is 6.54 Å². The first-order valence-corrected chi connectivity index (χ1v) is 5.80. The number of rotatable bonds is 2. The first-order valence-electron chi connectivity index (χ1n) is 5.80. The van der Waals surface area contributed by atoms with Gasteiger partial charge in [-0.2, -0.15) is 4.98 Å². The second kappa shape index (κ2) is 4.66. The van der Waals surface area contributed by atoms with Crippen LogP contribution in [0.15, 0.2) is 22.7 Å². The third kappa shape index (κ3) is 1.91. The monoisotopic (exact) mass is 247 g/mol. The highest BCUT2D eigenvalue weighted by atomic mass is 16.5. The minimum absolute atomic E-state index is 0.222. The van der Waals surface area contributed by atoms with Gasteiger partial charge in [0, 0.05) is 6.42 Å². The average molecular weight is 247 g/mol. The highest BCUT2D eigenvalue weighted by Gasteiger charge is 2.19. The number of hydrogen-bond acceptors (Lipinski definition) is 6. The molecule has 1 aliphatic heterocycles. The molecule has 3 rings (SSSR count). The second-order valence-electron chi connectivity index (χ2n) is 3.90. The van der Waals surface area contributed by atoms with E-state index >= 15 is 0 Å². The molecule has 0 aliphatic carbocycles. The number of nitrogens with two attached hydrogens (primary N) is 1. The molecule has 6 heteroatoms. The van der Waals surface area contributed by atoms with Gasteiger partial charge in [0.25, 0.3) is 0 Å². The van der Waals surface area contributed by atoms with Crippen molar-refractivity contribution in [2.75, 3.05) is 13.2 Å². The molecule has 2 N–H and O–H groups in total. The molecular formula is C12H13N3O3. The predicted octanol–water partition coefficient (Wildman–Crippen LogP) is 1.36. The zero-order chi connectivity index (χ0) is 12.4. The Hall–Kier alpha value is -2.08. The fourth-order valence-corrected chi connectivity index (χ4v) is 1.82. The summed E-state index contributed by atoms with van der Waals surface area (Å²) in [5, 5.41) is 3.89. The van der Waals surface area contributed by atoms with E-state index in [2.05, 4.69) is 10.1 Å². The van der Waals surface area contributed by atoms with Gasteiger partial charge in [-0.25, -0.2) is 0 Å². The summed E-state index contributed by atoms with van der Waals surface area (Å²) in [6.45, 7) is 1.49. The van der Waals surface area contributed by atoms with Crippen LogP contribution in [0.2, 0.25) is 0 Å².